The number of rotatable bonds is 4. The number of hydrogen-bond acceptors (Lipinski definition) is 2. The summed E-state index contributed by atoms with van der Waals surface area (Å²) in [6, 6.07) is 8.03. The van der Waals surface area contributed by atoms with Crippen LogP contribution in [-0.4, -0.2) is 20.9 Å². The monoisotopic (exact) mass is 270 g/mol. The van der Waals surface area contributed by atoms with E-state index in [1.54, 1.807) is 10.7 Å². The van der Waals surface area contributed by atoms with Crippen LogP contribution in [0.1, 0.15) is 41.4 Å². The molecule has 3 rings (SSSR count). The topological polar surface area (TPSA) is 55.1 Å². The lowest BCUT2D eigenvalue weighted by Gasteiger charge is -2.02. The number of benzene rings is 1. The Morgan fingerprint density at radius 1 is 1.30 bits per heavy atom. The molecule has 0 atom stereocenters. The minimum Gasteiger partial charge on any atom is -0.477 e. The molecule has 0 spiro atoms. The van der Waals surface area contributed by atoms with E-state index in [0.29, 0.717) is 6.54 Å². The second-order valence-corrected chi connectivity index (χ2v) is 5.28. The van der Waals surface area contributed by atoms with Gasteiger partial charge in [-0.05, 0) is 48.9 Å². The van der Waals surface area contributed by atoms with E-state index in [2.05, 4.69) is 23.3 Å². The molecule has 0 radical (unpaired) electrons. The second-order valence-electron chi connectivity index (χ2n) is 5.28. The maximum atomic E-state index is 11.3. The van der Waals surface area contributed by atoms with Gasteiger partial charge >= 0.3 is 5.97 Å². The summed E-state index contributed by atoms with van der Waals surface area (Å²) >= 11 is 0. The number of aryl methyl sites for hydroxylation is 3. The van der Waals surface area contributed by atoms with Gasteiger partial charge < -0.3 is 5.11 Å². The van der Waals surface area contributed by atoms with Crippen molar-refractivity contribution in [2.45, 2.75) is 39.2 Å². The van der Waals surface area contributed by atoms with Crippen LogP contribution >= 0.6 is 0 Å². The fraction of sp³-hybridized carbons (Fsp3) is 0.375. The Hall–Kier alpha value is -2.10. The first kappa shape index (κ1) is 12.9. The first-order valence-corrected chi connectivity index (χ1v) is 7.12. The maximum absolute atomic E-state index is 11.3. The zero-order valence-electron chi connectivity index (χ0n) is 11.6. The fourth-order valence-electron chi connectivity index (χ4n) is 2.84. The van der Waals surface area contributed by atoms with Gasteiger partial charge in [0.25, 0.3) is 0 Å². The lowest BCUT2D eigenvalue weighted by atomic mass is 10.0. The molecule has 0 fully saturated rings. The average molecular weight is 270 g/mol. The van der Waals surface area contributed by atoms with Gasteiger partial charge in [0, 0.05) is 12.1 Å². The van der Waals surface area contributed by atoms with Crippen molar-refractivity contribution in [1.82, 2.24) is 9.78 Å². The van der Waals surface area contributed by atoms with Gasteiger partial charge in [-0.1, -0.05) is 19.1 Å². The Bertz CT molecular complexity index is 658. The predicted molar refractivity (Wildman–Crippen MR) is 76.9 cm³/mol. The summed E-state index contributed by atoms with van der Waals surface area (Å²) in [5.74, 6) is -0.918. The van der Waals surface area contributed by atoms with Gasteiger partial charge in [0.05, 0.1) is 5.69 Å². The normalized spacial score (nSPS) is 13.4. The first-order chi connectivity index (χ1) is 9.69. The lowest BCUT2D eigenvalue weighted by molar-refractivity contribution is 0.0683. The van der Waals surface area contributed by atoms with Gasteiger partial charge in [-0.15, -0.1) is 0 Å². The number of carboxylic acid groups (broad SMARTS) is 1. The molecular formula is C16H18N2O2. The summed E-state index contributed by atoms with van der Waals surface area (Å²) in [5, 5.41) is 13.7. The highest BCUT2D eigenvalue weighted by Crippen LogP contribution is 2.28. The molecule has 4 nitrogen and oxygen atoms in total. The molecule has 2 aromatic rings. The van der Waals surface area contributed by atoms with Crippen molar-refractivity contribution in [2.24, 2.45) is 0 Å². The Balaban J connectivity index is 2.01. The third-order valence-corrected chi connectivity index (χ3v) is 3.83. The third-order valence-electron chi connectivity index (χ3n) is 3.83. The van der Waals surface area contributed by atoms with Crippen LogP contribution < -0.4 is 0 Å². The molecule has 4 heteroatoms. The number of aromatic nitrogens is 2. The number of carboxylic acids is 1. The number of fused-ring (bicyclic) bond motifs is 1. The van der Waals surface area contributed by atoms with Gasteiger partial charge in [0.1, 0.15) is 5.69 Å². The second kappa shape index (κ2) is 5.12. The van der Waals surface area contributed by atoms with Crippen molar-refractivity contribution in [3.8, 4) is 11.3 Å². The van der Waals surface area contributed by atoms with E-state index in [4.69, 9.17) is 0 Å². The molecule has 0 unspecified atom stereocenters. The molecule has 1 N–H and O–H groups in total. The van der Waals surface area contributed by atoms with Crippen LogP contribution in [-0.2, 0) is 19.4 Å². The van der Waals surface area contributed by atoms with Crippen molar-refractivity contribution >= 4 is 5.97 Å². The summed E-state index contributed by atoms with van der Waals surface area (Å²) in [6.45, 7) is 2.65. The molecule has 104 valence electrons. The van der Waals surface area contributed by atoms with E-state index in [-0.39, 0.29) is 5.69 Å². The molecule has 1 aliphatic rings. The minimum absolute atomic E-state index is 0.266. The van der Waals surface area contributed by atoms with Gasteiger partial charge in [0.15, 0.2) is 0 Å². The zero-order valence-corrected chi connectivity index (χ0v) is 11.6. The van der Waals surface area contributed by atoms with Crippen LogP contribution in [0.15, 0.2) is 24.3 Å². The number of nitrogens with zero attached hydrogens (tertiary/aromatic N) is 2. The van der Waals surface area contributed by atoms with E-state index in [9.17, 15) is 9.90 Å². The Labute approximate surface area is 118 Å². The third kappa shape index (κ3) is 2.22. The van der Waals surface area contributed by atoms with Crippen molar-refractivity contribution < 1.29 is 9.90 Å². The largest absolute Gasteiger partial charge is 0.477 e. The Kier molecular flexibility index (Phi) is 3.30. The zero-order chi connectivity index (χ0) is 14.1. The van der Waals surface area contributed by atoms with E-state index < -0.39 is 5.97 Å². The highest BCUT2D eigenvalue weighted by Gasteiger charge is 2.17. The predicted octanol–water partition coefficient (Wildman–Crippen LogP) is 3.15. The van der Waals surface area contributed by atoms with Gasteiger partial charge in [0.2, 0.25) is 0 Å². The first-order valence-electron chi connectivity index (χ1n) is 7.12. The molecule has 1 aromatic heterocycles. The fourth-order valence-corrected chi connectivity index (χ4v) is 2.84. The van der Waals surface area contributed by atoms with Crippen LogP contribution in [0.5, 0.6) is 0 Å². The highest BCUT2D eigenvalue weighted by molar-refractivity contribution is 5.87. The van der Waals surface area contributed by atoms with Crippen molar-refractivity contribution in [2.75, 3.05) is 0 Å². The molecular weight excluding hydrogens is 252 g/mol. The molecule has 0 bridgehead atoms. The maximum Gasteiger partial charge on any atom is 0.354 e. The summed E-state index contributed by atoms with van der Waals surface area (Å²) in [6.07, 6.45) is 4.35. The summed E-state index contributed by atoms with van der Waals surface area (Å²) in [4.78, 5) is 11.3. The quantitative estimate of drug-likeness (QED) is 0.928. The molecule has 1 heterocycles. The smallest absolute Gasteiger partial charge is 0.354 e. The molecule has 0 aliphatic heterocycles. The van der Waals surface area contributed by atoms with Crippen LogP contribution in [0.4, 0.5) is 0 Å². The van der Waals surface area contributed by atoms with Crippen LogP contribution in [0, 0.1) is 0 Å². The van der Waals surface area contributed by atoms with E-state index >= 15 is 0 Å². The molecule has 20 heavy (non-hydrogen) atoms. The summed E-state index contributed by atoms with van der Waals surface area (Å²) in [7, 11) is 0. The van der Waals surface area contributed by atoms with E-state index in [0.717, 1.165) is 30.5 Å². The van der Waals surface area contributed by atoms with E-state index in [1.165, 1.54) is 17.5 Å². The number of carbonyl (C=O) groups is 1. The Morgan fingerprint density at radius 2 is 2.10 bits per heavy atom. The molecule has 1 aromatic carbocycles. The minimum atomic E-state index is -0.918. The standard InChI is InChI=1S/C16H18N2O2/c1-2-8-18-15(16(19)20)10-14(17-18)13-7-6-11-4-3-5-12(11)9-13/h6-7,9-10H,2-5,8H2,1H3,(H,19,20). The van der Waals surface area contributed by atoms with Crippen LogP contribution in [0.3, 0.4) is 0 Å². The van der Waals surface area contributed by atoms with Crippen LogP contribution in [0.25, 0.3) is 11.3 Å². The lowest BCUT2D eigenvalue weighted by Crippen LogP contribution is -2.09. The van der Waals surface area contributed by atoms with Crippen molar-refractivity contribution in [3.05, 3.63) is 41.1 Å². The number of aromatic carboxylic acids is 1. The molecule has 0 amide bonds. The van der Waals surface area contributed by atoms with Crippen molar-refractivity contribution in [3.63, 3.8) is 0 Å². The van der Waals surface area contributed by atoms with Gasteiger partial charge in [-0.3, -0.25) is 4.68 Å². The highest BCUT2D eigenvalue weighted by atomic mass is 16.4. The van der Waals surface area contributed by atoms with Gasteiger partial charge in [-0.2, -0.15) is 5.10 Å². The SMILES string of the molecule is CCCn1nc(-c2ccc3c(c2)CCC3)cc1C(=O)O. The van der Waals surface area contributed by atoms with Crippen molar-refractivity contribution in [1.29, 1.82) is 0 Å². The molecule has 0 saturated heterocycles. The number of hydrogen-bond donors (Lipinski definition) is 1. The van der Waals surface area contributed by atoms with E-state index in [1.807, 2.05) is 6.92 Å². The Morgan fingerprint density at radius 3 is 2.85 bits per heavy atom. The summed E-state index contributed by atoms with van der Waals surface area (Å²) < 4.78 is 1.59. The summed E-state index contributed by atoms with van der Waals surface area (Å²) in [5.41, 5.74) is 4.83. The van der Waals surface area contributed by atoms with Crippen LogP contribution in [0.2, 0.25) is 0 Å². The van der Waals surface area contributed by atoms with Gasteiger partial charge in [-0.25, -0.2) is 4.79 Å². The molecule has 0 saturated carbocycles. The average Bonchev–Trinajstić information content (AvgIpc) is 3.04. The molecule has 1 aliphatic carbocycles.